The minimum absolute atomic E-state index is 0.180. The van der Waals surface area contributed by atoms with E-state index in [1.54, 1.807) is 18.4 Å². The summed E-state index contributed by atoms with van der Waals surface area (Å²) in [5.74, 6) is 1.31. The lowest BCUT2D eigenvalue weighted by Crippen LogP contribution is -2.50. The lowest BCUT2D eigenvalue weighted by molar-refractivity contribution is -0.136. The van der Waals surface area contributed by atoms with E-state index in [-0.39, 0.29) is 5.92 Å². The number of aryl methyl sites for hydroxylation is 2. The molecule has 1 saturated heterocycles. The second-order valence-corrected chi connectivity index (χ2v) is 8.22. The summed E-state index contributed by atoms with van der Waals surface area (Å²) in [7, 11) is 1.79. The fraction of sp³-hybridized carbons (Fsp3) is 0.737. The number of hydrogen-bond donors (Lipinski definition) is 2. The molecule has 6 nitrogen and oxygen atoms in total. The van der Waals surface area contributed by atoms with Gasteiger partial charge in [0.05, 0.1) is 12.2 Å². The second-order valence-electron chi connectivity index (χ2n) is 6.93. The molecular weight excluding hydrogens is 346 g/mol. The van der Waals surface area contributed by atoms with Crippen LogP contribution in [0, 0.1) is 19.8 Å². The Hall–Kier alpha value is -1.63. The van der Waals surface area contributed by atoms with Gasteiger partial charge in [-0.2, -0.15) is 0 Å². The Bertz CT molecular complexity index is 596. The number of amides is 1. The first-order valence-electron chi connectivity index (χ1n) is 9.67. The van der Waals surface area contributed by atoms with Gasteiger partial charge in [-0.05, 0) is 39.5 Å². The van der Waals surface area contributed by atoms with Crippen molar-refractivity contribution in [2.24, 2.45) is 10.9 Å². The molecule has 1 fully saturated rings. The van der Waals surface area contributed by atoms with Crippen LogP contribution in [-0.2, 0) is 11.3 Å². The normalized spacial score (nSPS) is 16.2. The summed E-state index contributed by atoms with van der Waals surface area (Å²) in [4.78, 5) is 24.7. The predicted octanol–water partition coefficient (Wildman–Crippen LogP) is 2.85. The number of thiazole rings is 1. The third-order valence-corrected chi connectivity index (χ3v) is 6.26. The smallest absolute Gasteiger partial charge is 0.225 e. The number of carbonyl (C=O) groups excluding carboxylic acids is 1. The van der Waals surface area contributed by atoms with Crippen molar-refractivity contribution < 1.29 is 4.79 Å². The number of piperidine rings is 1. The van der Waals surface area contributed by atoms with Gasteiger partial charge < -0.3 is 15.5 Å². The summed E-state index contributed by atoms with van der Waals surface area (Å²) >= 11 is 1.72. The lowest BCUT2D eigenvalue weighted by Gasteiger charge is -2.34. The second kappa shape index (κ2) is 9.90. The summed E-state index contributed by atoms with van der Waals surface area (Å²) in [6.45, 7) is 10.7. The van der Waals surface area contributed by atoms with Crippen LogP contribution in [0.5, 0.6) is 0 Å². The van der Waals surface area contributed by atoms with Gasteiger partial charge in [-0.3, -0.25) is 9.79 Å². The van der Waals surface area contributed by atoms with Gasteiger partial charge in [0.2, 0.25) is 5.91 Å². The number of aliphatic imine (C=N–C) groups is 1. The van der Waals surface area contributed by atoms with E-state index in [0.29, 0.717) is 18.5 Å². The molecule has 26 heavy (non-hydrogen) atoms. The van der Waals surface area contributed by atoms with E-state index in [0.717, 1.165) is 55.4 Å². The Labute approximate surface area is 161 Å². The molecule has 146 valence electrons. The molecule has 1 aliphatic rings. The van der Waals surface area contributed by atoms with Crippen molar-refractivity contribution >= 4 is 23.2 Å². The average molecular weight is 380 g/mol. The van der Waals surface area contributed by atoms with Gasteiger partial charge in [0.1, 0.15) is 5.01 Å². The molecule has 0 saturated carbocycles. The quantitative estimate of drug-likeness (QED) is 0.589. The van der Waals surface area contributed by atoms with Gasteiger partial charge in [-0.25, -0.2) is 4.98 Å². The SMILES string of the molecule is CCC(CC)C(=O)N1CCC(NC(=NC)NCc2nc(C)c(C)s2)CC1. The number of carbonyl (C=O) groups is 1. The molecule has 0 aliphatic carbocycles. The lowest BCUT2D eigenvalue weighted by atomic mass is 9.98. The highest BCUT2D eigenvalue weighted by atomic mass is 32.1. The zero-order chi connectivity index (χ0) is 19.1. The number of nitrogens with zero attached hydrogens (tertiary/aromatic N) is 3. The minimum Gasteiger partial charge on any atom is -0.354 e. The fourth-order valence-electron chi connectivity index (χ4n) is 3.30. The number of aromatic nitrogens is 1. The topological polar surface area (TPSA) is 69.6 Å². The Morgan fingerprint density at radius 2 is 1.96 bits per heavy atom. The van der Waals surface area contributed by atoms with E-state index in [1.807, 2.05) is 11.8 Å². The van der Waals surface area contributed by atoms with Gasteiger partial charge in [0, 0.05) is 37.0 Å². The highest BCUT2D eigenvalue weighted by Gasteiger charge is 2.26. The van der Waals surface area contributed by atoms with E-state index in [4.69, 9.17) is 0 Å². The molecule has 0 bridgehead atoms. The standard InChI is InChI=1S/C19H33N5OS/c1-6-15(7-2)18(25)24-10-8-16(9-11-24)23-19(20-5)21-12-17-22-13(3)14(4)26-17/h15-16H,6-12H2,1-5H3,(H2,20,21,23). The van der Waals surface area contributed by atoms with E-state index >= 15 is 0 Å². The van der Waals surface area contributed by atoms with Crippen LogP contribution in [0.25, 0.3) is 0 Å². The predicted molar refractivity (Wildman–Crippen MR) is 109 cm³/mol. The van der Waals surface area contributed by atoms with Crippen molar-refractivity contribution in [2.45, 2.75) is 66.0 Å². The first kappa shape index (κ1) is 20.7. The first-order valence-corrected chi connectivity index (χ1v) is 10.5. The summed E-state index contributed by atoms with van der Waals surface area (Å²) in [6, 6.07) is 0.353. The van der Waals surface area contributed by atoms with E-state index in [2.05, 4.69) is 41.4 Å². The number of rotatable bonds is 6. The molecule has 1 aromatic rings. The monoisotopic (exact) mass is 379 g/mol. The Kier molecular flexibility index (Phi) is 7.87. The molecule has 1 aliphatic heterocycles. The molecule has 7 heteroatoms. The van der Waals surface area contributed by atoms with Crippen LogP contribution in [0.1, 0.15) is 55.1 Å². The molecule has 1 amide bonds. The molecule has 2 rings (SSSR count). The maximum atomic E-state index is 12.5. The summed E-state index contributed by atoms with van der Waals surface area (Å²) in [6.07, 6.45) is 3.78. The van der Waals surface area contributed by atoms with Crippen molar-refractivity contribution in [3.8, 4) is 0 Å². The Morgan fingerprint density at radius 3 is 2.46 bits per heavy atom. The number of likely N-dealkylation sites (tertiary alicyclic amines) is 1. The van der Waals surface area contributed by atoms with Gasteiger partial charge in [-0.1, -0.05) is 13.8 Å². The van der Waals surface area contributed by atoms with Crippen LogP contribution in [0.3, 0.4) is 0 Å². The van der Waals surface area contributed by atoms with E-state index < -0.39 is 0 Å². The largest absolute Gasteiger partial charge is 0.354 e. The number of hydrogen-bond acceptors (Lipinski definition) is 4. The van der Waals surface area contributed by atoms with Crippen molar-refractivity contribution in [1.82, 2.24) is 20.5 Å². The third-order valence-electron chi connectivity index (χ3n) is 5.19. The van der Waals surface area contributed by atoms with Crippen LogP contribution in [0.4, 0.5) is 0 Å². The van der Waals surface area contributed by atoms with E-state index in [1.165, 1.54) is 4.88 Å². The molecule has 0 radical (unpaired) electrons. The molecule has 2 N–H and O–H groups in total. The average Bonchev–Trinajstić information content (AvgIpc) is 2.97. The molecule has 2 heterocycles. The van der Waals surface area contributed by atoms with E-state index in [9.17, 15) is 4.79 Å². The molecule has 0 unspecified atom stereocenters. The van der Waals surface area contributed by atoms with Gasteiger partial charge in [0.15, 0.2) is 5.96 Å². The van der Waals surface area contributed by atoms with Crippen LogP contribution >= 0.6 is 11.3 Å². The number of guanidine groups is 1. The summed E-state index contributed by atoms with van der Waals surface area (Å²) < 4.78 is 0. The highest BCUT2D eigenvalue weighted by molar-refractivity contribution is 7.11. The first-order chi connectivity index (χ1) is 12.5. The van der Waals surface area contributed by atoms with Crippen LogP contribution in [0.2, 0.25) is 0 Å². The minimum atomic E-state index is 0.180. The van der Waals surface area contributed by atoms with Gasteiger partial charge in [0.25, 0.3) is 0 Å². The zero-order valence-electron chi connectivity index (χ0n) is 16.8. The summed E-state index contributed by atoms with van der Waals surface area (Å²) in [5.41, 5.74) is 1.10. The van der Waals surface area contributed by atoms with Crippen molar-refractivity contribution in [3.63, 3.8) is 0 Å². The summed E-state index contributed by atoms with van der Waals surface area (Å²) in [5, 5.41) is 7.92. The molecule has 0 atom stereocenters. The van der Waals surface area contributed by atoms with Crippen molar-refractivity contribution in [1.29, 1.82) is 0 Å². The highest BCUT2D eigenvalue weighted by Crippen LogP contribution is 2.18. The molecule has 0 spiro atoms. The third kappa shape index (κ3) is 5.43. The molecule has 1 aromatic heterocycles. The maximum Gasteiger partial charge on any atom is 0.225 e. The van der Waals surface area contributed by atoms with Crippen molar-refractivity contribution in [3.05, 3.63) is 15.6 Å². The van der Waals surface area contributed by atoms with Crippen molar-refractivity contribution in [2.75, 3.05) is 20.1 Å². The van der Waals surface area contributed by atoms with Crippen LogP contribution < -0.4 is 10.6 Å². The zero-order valence-corrected chi connectivity index (χ0v) is 17.6. The molecule has 0 aromatic carbocycles. The maximum absolute atomic E-state index is 12.5. The van der Waals surface area contributed by atoms with Gasteiger partial charge >= 0.3 is 0 Å². The van der Waals surface area contributed by atoms with Crippen LogP contribution in [-0.4, -0.2) is 47.9 Å². The molecular formula is C19H33N5OS. The number of nitrogens with one attached hydrogen (secondary N) is 2. The Balaban J connectivity index is 1.79. The van der Waals surface area contributed by atoms with Crippen LogP contribution in [0.15, 0.2) is 4.99 Å². The Morgan fingerprint density at radius 1 is 1.31 bits per heavy atom. The fourth-order valence-corrected chi connectivity index (χ4v) is 4.18. The van der Waals surface area contributed by atoms with Gasteiger partial charge in [-0.15, -0.1) is 11.3 Å².